The molecule has 2 heterocycles. The van der Waals surface area contributed by atoms with Crippen LogP contribution in [0.4, 0.5) is 0 Å². The SMILES string of the molecule is O=C(O)c1cnn(-c2ccc(-c3ccc(Cl)cc3)cc2)c1OCCN1CCOCC1. The molecule has 7 nitrogen and oxygen atoms in total. The molecule has 0 bridgehead atoms. The Kier molecular flexibility index (Phi) is 6.32. The fourth-order valence-corrected chi connectivity index (χ4v) is 3.47. The molecule has 2 aromatic carbocycles. The Morgan fingerprint density at radius 1 is 1.07 bits per heavy atom. The number of hydrogen-bond donors (Lipinski definition) is 1. The molecule has 1 fully saturated rings. The summed E-state index contributed by atoms with van der Waals surface area (Å²) in [5.41, 5.74) is 2.83. The van der Waals surface area contributed by atoms with Crippen molar-refractivity contribution in [2.75, 3.05) is 39.5 Å². The summed E-state index contributed by atoms with van der Waals surface area (Å²) in [5, 5.41) is 14.5. The van der Waals surface area contributed by atoms with E-state index in [-0.39, 0.29) is 11.4 Å². The maximum atomic E-state index is 11.6. The standard InChI is InChI=1S/C22H22ClN3O4/c23-18-5-1-16(2-6-18)17-3-7-19(8-4-17)26-21(20(15-24-26)22(27)28)30-14-11-25-9-12-29-13-10-25/h1-8,15H,9-14H2,(H,27,28). The zero-order chi connectivity index (χ0) is 20.9. The predicted molar refractivity (Wildman–Crippen MR) is 114 cm³/mol. The molecule has 0 atom stereocenters. The second-order valence-electron chi connectivity index (χ2n) is 6.94. The summed E-state index contributed by atoms with van der Waals surface area (Å²) in [7, 11) is 0. The summed E-state index contributed by atoms with van der Waals surface area (Å²) in [4.78, 5) is 13.9. The van der Waals surface area contributed by atoms with E-state index in [1.54, 1.807) is 0 Å². The molecule has 1 N–H and O–H groups in total. The van der Waals surface area contributed by atoms with Gasteiger partial charge < -0.3 is 14.6 Å². The lowest BCUT2D eigenvalue weighted by Crippen LogP contribution is -2.38. The molecule has 0 aliphatic carbocycles. The van der Waals surface area contributed by atoms with Gasteiger partial charge in [-0.3, -0.25) is 4.90 Å². The fraction of sp³-hybridized carbons (Fsp3) is 0.273. The first kappa shape index (κ1) is 20.4. The Balaban J connectivity index is 1.52. The monoisotopic (exact) mass is 427 g/mol. The Labute approximate surface area is 179 Å². The van der Waals surface area contributed by atoms with Crippen LogP contribution in [0.1, 0.15) is 10.4 Å². The van der Waals surface area contributed by atoms with Gasteiger partial charge in [0.25, 0.3) is 0 Å². The van der Waals surface area contributed by atoms with Crippen molar-refractivity contribution in [2.45, 2.75) is 0 Å². The number of morpholine rings is 1. The van der Waals surface area contributed by atoms with E-state index >= 15 is 0 Å². The number of carbonyl (C=O) groups is 1. The number of ether oxygens (including phenoxy) is 2. The Morgan fingerprint density at radius 2 is 1.70 bits per heavy atom. The first-order valence-corrected chi connectivity index (χ1v) is 10.1. The molecule has 1 aliphatic heterocycles. The summed E-state index contributed by atoms with van der Waals surface area (Å²) < 4.78 is 12.7. The van der Waals surface area contributed by atoms with Gasteiger partial charge in [0.1, 0.15) is 12.2 Å². The number of aromatic carboxylic acids is 1. The van der Waals surface area contributed by atoms with Gasteiger partial charge in [-0.05, 0) is 35.4 Å². The van der Waals surface area contributed by atoms with Crippen LogP contribution < -0.4 is 4.74 Å². The second kappa shape index (κ2) is 9.30. The van der Waals surface area contributed by atoms with Crippen molar-refractivity contribution in [1.29, 1.82) is 0 Å². The molecule has 0 spiro atoms. The third-order valence-corrected chi connectivity index (χ3v) is 5.25. The predicted octanol–water partition coefficient (Wildman–Crippen LogP) is 3.60. The minimum Gasteiger partial charge on any atom is -0.477 e. The lowest BCUT2D eigenvalue weighted by molar-refractivity contribution is 0.0317. The average molecular weight is 428 g/mol. The molecule has 1 aromatic heterocycles. The number of rotatable bonds is 7. The van der Waals surface area contributed by atoms with Gasteiger partial charge in [-0.25, -0.2) is 9.48 Å². The van der Waals surface area contributed by atoms with Crippen LogP contribution in [-0.4, -0.2) is 65.2 Å². The van der Waals surface area contributed by atoms with E-state index < -0.39 is 5.97 Å². The minimum atomic E-state index is -1.07. The van der Waals surface area contributed by atoms with Crippen molar-refractivity contribution in [2.24, 2.45) is 0 Å². The molecule has 1 aliphatic rings. The van der Waals surface area contributed by atoms with Gasteiger partial charge in [0.05, 0.1) is 25.1 Å². The molecule has 0 radical (unpaired) electrons. The minimum absolute atomic E-state index is 0.0405. The zero-order valence-electron chi connectivity index (χ0n) is 16.3. The van der Waals surface area contributed by atoms with E-state index in [1.165, 1.54) is 10.9 Å². The molecule has 0 unspecified atom stereocenters. The largest absolute Gasteiger partial charge is 0.477 e. The second-order valence-corrected chi connectivity index (χ2v) is 7.37. The molecule has 0 amide bonds. The van der Waals surface area contributed by atoms with E-state index in [0.29, 0.717) is 31.4 Å². The van der Waals surface area contributed by atoms with E-state index in [2.05, 4.69) is 10.00 Å². The topological polar surface area (TPSA) is 76.8 Å². The van der Waals surface area contributed by atoms with Gasteiger partial charge >= 0.3 is 5.97 Å². The third kappa shape index (κ3) is 4.64. The van der Waals surface area contributed by atoms with Crippen molar-refractivity contribution < 1.29 is 19.4 Å². The molecule has 8 heteroatoms. The summed E-state index contributed by atoms with van der Waals surface area (Å²) in [5.74, 6) is -0.838. The van der Waals surface area contributed by atoms with E-state index in [9.17, 15) is 9.90 Å². The van der Waals surface area contributed by atoms with Crippen LogP contribution in [0.5, 0.6) is 5.88 Å². The smallest absolute Gasteiger partial charge is 0.342 e. The highest BCUT2D eigenvalue weighted by Gasteiger charge is 2.20. The maximum absolute atomic E-state index is 11.6. The first-order chi connectivity index (χ1) is 14.6. The number of nitrogens with zero attached hydrogens (tertiary/aromatic N) is 3. The molecule has 3 aromatic rings. The molecule has 156 valence electrons. The fourth-order valence-electron chi connectivity index (χ4n) is 3.34. The van der Waals surface area contributed by atoms with Crippen molar-refractivity contribution in [3.63, 3.8) is 0 Å². The lowest BCUT2D eigenvalue weighted by atomic mass is 10.1. The lowest BCUT2D eigenvalue weighted by Gasteiger charge is -2.26. The van der Waals surface area contributed by atoms with Crippen LogP contribution in [0.3, 0.4) is 0 Å². The van der Waals surface area contributed by atoms with Crippen LogP contribution in [-0.2, 0) is 4.74 Å². The van der Waals surface area contributed by atoms with Gasteiger partial charge in [-0.2, -0.15) is 5.10 Å². The van der Waals surface area contributed by atoms with E-state index in [4.69, 9.17) is 21.1 Å². The van der Waals surface area contributed by atoms with Crippen molar-refractivity contribution >= 4 is 17.6 Å². The van der Waals surface area contributed by atoms with E-state index in [1.807, 2.05) is 48.5 Å². The normalized spacial score (nSPS) is 14.6. The van der Waals surface area contributed by atoms with Gasteiger partial charge in [-0.15, -0.1) is 0 Å². The number of benzene rings is 2. The number of carboxylic acid groups (broad SMARTS) is 1. The quantitative estimate of drug-likeness (QED) is 0.620. The number of halogens is 1. The number of hydrogen-bond acceptors (Lipinski definition) is 5. The Hall–Kier alpha value is -2.87. The molecule has 30 heavy (non-hydrogen) atoms. The van der Waals surface area contributed by atoms with Crippen LogP contribution >= 0.6 is 11.6 Å². The molecular weight excluding hydrogens is 406 g/mol. The maximum Gasteiger partial charge on any atom is 0.342 e. The van der Waals surface area contributed by atoms with Crippen LogP contribution in [0.25, 0.3) is 16.8 Å². The highest BCUT2D eigenvalue weighted by atomic mass is 35.5. The van der Waals surface area contributed by atoms with Crippen LogP contribution in [0, 0.1) is 0 Å². The van der Waals surface area contributed by atoms with Gasteiger partial charge in [0, 0.05) is 24.7 Å². The highest BCUT2D eigenvalue weighted by Crippen LogP contribution is 2.26. The first-order valence-electron chi connectivity index (χ1n) is 9.72. The summed E-state index contributed by atoms with van der Waals surface area (Å²) in [6.07, 6.45) is 1.32. The molecular formula is C22H22ClN3O4. The average Bonchev–Trinajstić information content (AvgIpc) is 3.19. The Morgan fingerprint density at radius 3 is 2.33 bits per heavy atom. The molecule has 1 saturated heterocycles. The highest BCUT2D eigenvalue weighted by molar-refractivity contribution is 6.30. The molecule has 0 saturated carbocycles. The summed E-state index contributed by atoms with van der Waals surface area (Å²) in [6.45, 7) is 4.18. The van der Waals surface area contributed by atoms with Crippen LogP contribution in [0.15, 0.2) is 54.7 Å². The number of aromatic nitrogens is 2. The van der Waals surface area contributed by atoms with Crippen LogP contribution in [0.2, 0.25) is 5.02 Å². The Bertz CT molecular complexity index is 996. The van der Waals surface area contributed by atoms with Gasteiger partial charge in [0.15, 0.2) is 0 Å². The van der Waals surface area contributed by atoms with Crippen molar-refractivity contribution in [3.05, 3.63) is 65.3 Å². The summed E-state index contributed by atoms with van der Waals surface area (Å²) >= 11 is 5.96. The van der Waals surface area contributed by atoms with Gasteiger partial charge in [0.2, 0.25) is 5.88 Å². The number of carboxylic acids is 1. The molecule has 4 rings (SSSR count). The van der Waals surface area contributed by atoms with Crippen molar-refractivity contribution in [1.82, 2.24) is 14.7 Å². The third-order valence-electron chi connectivity index (χ3n) is 4.99. The van der Waals surface area contributed by atoms with E-state index in [0.717, 1.165) is 29.9 Å². The zero-order valence-corrected chi connectivity index (χ0v) is 17.1. The van der Waals surface area contributed by atoms with Gasteiger partial charge in [-0.1, -0.05) is 35.9 Å². The van der Waals surface area contributed by atoms with Crippen molar-refractivity contribution in [3.8, 4) is 22.7 Å². The summed E-state index contributed by atoms with van der Waals surface area (Å²) in [6, 6.07) is 15.3.